The molecule has 0 aliphatic carbocycles. The minimum atomic E-state index is -0.639. The van der Waals surface area contributed by atoms with E-state index in [2.05, 4.69) is 15.3 Å². The highest BCUT2D eigenvalue weighted by atomic mass is 19.1. The van der Waals surface area contributed by atoms with Crippen molar-refractivity contribution in [1.82, 2.24) is 20.3 Å². The van der Waals surface area contributed by atoms with Crippen LogP contribution in [0.4, 0.5) is 16.0 Å². The van der Waals surface area contributed by atoms with E-state index in [4.69, 9.17) is 9.94 Å². The van der Waals surface area contributed by atoms with Gasteiger partial charge in [-0.05, 0) is 36.4 Å². The lowest BCUT2D eigenvalue weighted by atomic mass is 10.1. The second-order valence-corrected chi connectivity index (χ2v) is 7.01. The average molecular weight is 437 g/mol. The van der Waals surface area contributed by atoms with Crippen LogP contribution in [-0.4, -0.2) is 58.2 Å². The van der Waals surface area contributed by atoms with Crippen LogP contribution in [0.25, 0.3) is 11.3 Å². The molecule has 10 heteroatoms. The maximum absolute atomic E-state index is 14.6. The van der Waals surface area contributed by atoms with Crippen LogP contribution in [0.15, 0.2) is 54.7 Å². The molecule has 1 aliphatic rings. The van der Waals surface area contributed by atoms with Gasteiger partial charge in [-0.1, -0.05) is 12.1 Å². The third kappa shape index (κ3) is 4.71. The zero-order valence-corrected chi connectivity index (χ0v) is 16.9. The molecule has 2 heterocycles. The minimum absolute atomic E-state index is 0.000810. The molecule has 1 saturated heterocycles. The summed E-state index contributed by atoms with van der Waals surface area (Å²) in [5.41, 5.74) is 3.58. The fraction of sp³-hybridized carbons (Fsp3) is 0.182. The molecule has 1 fully saturated rings. The number of carbonyl (C=O) groups is 2. The maximum Gasteiger partial charge on any atom is 0.274 e. The second-order valence-electron chi connectivity index (χ2n) is 7.01. The predicted molar refractivity (Wildman–Crippen MR) is 113 cm³/mol. The molecule has 0 radical (unpaired) electrons. The third-order valence-corrected chi connectivity index (χ3v) is 4.95. The number of anilines is 2. The van der Waals surface area contributed by atoms with Crippen molar-refractivity contribution >= 4 is 23.5 Å². The van der Waals surface area contributed by atoms with E-state index in [0.29, 0.717) is 43.2 Å². The third-order valence-electron chi connectivity index (χ3n) is 4.95. The molecule has 3 aromatic rings. The maximum atomic E-state index is 14.6. The van der Waals surface area contributed by atoms with Crippen LogP contribution in [0.3, 0.4) is 0 Å². The number of amides is 2. The molecule has 2 amide bonds. The first-order chi connectivity index (χ1) is 15.5. The normalized spacial score (nSPS) is 13.5. The van der Waals surface area contributed by atoms with Gasteiger partial charge in [0, 0.05) is 36.1 Å². The van der Waals surface area contributed by atoms with Gasteiger partial charge in [0.2, 0.25) is 5.95 Å². The van der Waals surface area contributed by atoms with E-state index in [0.717, 1.165) is 5.56 Å². The Morgan fingerprint density at radius 2 is 1.81 bits per heavy atom. The first kappa shape index (κ1) is 21.3. The number of morpholine rings is 1. The summed E-state index contributed by atoms with van der Waals surface area (Å²) in [6, 6.07) is 12.4. The summed E-state index contributed by atoms with van der Waals surface area (Å²) >= 11 is 0. The smallest absolute Gasteiger partial charge is 0.274 e. The molecule has 0 saturated carbocycles. The van der Waals surface area contributed by atoms with Crippen LogP contribution in [0, 0.1) is 5.82 Å². The Morgan fingerprint density at radius 3 is 2.50 bits per heavy atom. The Kier molecular flexibility index (Phi) is 6.34. The van der Waals surface area contributed by atoms with Crippen LogP contribution in [0.2, 0.25) is 0 Å². The van der Waals surface area contributed by atoms with E-state index in [1.807, 2.05) is 0 Å². The molecule has 4 rings (SSSR count). The predicted octanol–water partition coefficient (Wildman–Crippen LogP) is 2.62. The van der Waals surface area contributed by atoms with Gasteiger partial charge in [-0.15, -0.1) is 0 Å². The van der Waals surface area contributed by atoms with Crippen molar-refractivity contribution in [2.75, 3.05) is 31.6 Å². The van der Waals surface area contributed by atoms with Gasteiger partial charge in [0.25, 0.3) is 11.8 Å². The largest absolute Gasteiger partial charge is 0.378 e. The fourth-order valence-corrected chi connectivity index (χ4v) is 3.27. The summed E-state index contributed by atoms with van der Waals surface area (Å²) in [6.45, 7) is 1.76. The van der Waals surface area contributed by atoms with E-state index < -0.39 is 11.7 Å². The van der Waals surface area contributed by atoms with Crippen molar-refractivity contribution in [3.05, 3.63) is 71.7 Å². The van der Waals surface area contributed by atoms with Crippen molar-refractivity contribution in [3.8, 4) is 11.3 Å². The number of benzene rings is 2. The van der Waals surface area contributed by atoms with E-state index in [1.165, 1.54) is 12.1 Å². The number of hydroxylamine groups is 1. The van der Waals surface area contributed by atoms with Gasteiger partial charge in [0.05, 0.1) is 24.5 Å². The van der Waals surface area contributed by atoms with Crippen molar-refractivity contribution < 1.29 is 23.9 Å². The number of hydrogen-bond acceptors (Lipinski definition) is 7. The molecular weight excluding hydrogens is 417 g/mol. The van der Waals surface area contributed by atoms with Crippen LogP contribution in [0.5, 0.6) is 0 Å². The van der Waals surface area contributed by atoms with Gasteiger partial charge < -0.3 is 15.0 Å². The van der Waals surface area contributed by atoms with Gasteiger partial charge in [0.15, 0.2) is 0 Å². The zero-order valence-electron chi connectivity index (χ0n) is 16.9. The van der Waals surface area contributed by atoms with Crippen LogP contribution in [0.1, 0.15) is 20.7 Å². The summed E-state index contributed by atoms with van der Waals surface area (Å²) < 4.78 is 19.8. The van der Waals surface area contributed by atoms with Gasteiger partial charge >= 0.3 is 0 Å². The number of rotatable bonds is 5. The molecule has 0 atom stereocenters. The van der Waals surface area contributed by atoms with Crippen molar-refractivity contribution in [2.45, 2.75) is 0 Å². The second kappa shape index (κ2) is 9.50. The molecule has 0 unspecified atom stereocenters. The summed E-state index contributed by atoms with van der Waals surface area (Å²) in [6.07, 6.45) is 1.55. The Bertz CT molecular complexity index is 1130. The molecular formula is C22H20FN5O4. The summed E-state index contributed by atoms with van der Waals surface area (Å²) in [5, 5.41) is 11.6. The Hall–Kier alpha value is -3.89. The molecule has 2 aromatic carbocycles. The van der Waals surface area contributed by atoms with Crippen LogP contribution >= 0.6 is 0 Å². The Balaban J connectivity index is 1.49. The highest BCUT2D eigenvalue weighted by Gasteiger charge is 2.21. The SMILES string of the molecule is O=C(NO)c1ccc(-c2ccnc(Nc3ccc(C(=O)N4CCOCC4)c(F)c3)n2)cc1. The van der Waals surface area contributed by atoms with Crippen molar-refractivity contribution in [3.63, 3.8) is 0 Å². The minimum Gasteiger partial charge on any atom is -0.378 e. The number of halogens is 1. The summed E-state index contributed by atoms with van der Waals surface area (Å²) in [4.78, 5) is 34.1. The average Bonchev–Trinajstić information content (AvgIpc) is 2.84. The van der Waals surface area contributed by atoms with Gasteiger partial charge in [0.1, 0.15) is 5.82 Å². The summed E-state index contributed by atoms with van der Waals surface area (Å²) in [7, 11) is 0. The molecule has 164 valence electrons. The molecule has 32 heavy (non-hydrogen) atoms. The number of hydrogen-bond donors (Lipinski definition) is 3. The van der Waals surface area contributed by atoms with E-state index in [9.17, 15) is 14.0 Å². The Morgan fingerprint density at radius 1 is 1.06 bits per heavy atom. The molecule has 9 nitrogen and oxygen atoms in total. The van der Waals surface area contributed by atoms with Crippen LogP contribution < -0.4 is 10.8 Å². The number of ether oxygens (including phenoxy) is 1. The monoisotopic (exact) mass is 437 g/mol. The first-order valence-corrected chi connectivity index (χ1v) is 9.86. The molecule has 1 aromatic heterocycles. The van der Waals surface area contributed by atoms with E-state index in [1.54, 1.807) is 53.0 Å². The van der Waals surface area contributed by atoms with Crippen molar-refractivity contribution in [2.24, 2.45) is 0 Å². The number of aromatic nitrogens is 2. The molecule has 1 aliphatic heterocycles. The van der Waals surface area contributed by atoms with Crippen molar-refractivity contribution in [1.29, 1.82) is 0 Å². The summed E-state index contributed by atoms with van der Waals surface area (Å²) in [5.74, 6) is -1.38. The van der Waals surface area contributed by atoms with Crippen LogP contribution in [-0.2, 0) is 4.74 Å². The topological polar surface area (TPSA) is 117 Å². The number of nitrogens with zero attached hydrogens (tertiary/aromatic N) is 3. The fourth-order valence-electron chi connectivity index (χ4n) is 3.27. The number of nitrogens with one attached hydrogen (secondary N) is 2. The molecule has 0 spiro atoms. The zero-order chi connectivity index (χ0) is 22.5. The molecule has 0 bridgehead atoms. The molecule has 3 N–H and O–H groups in total. The number of carbonyl (C=O) groups excluding carboxylic acids is 2. The highest BCUT2D eigenvalue weighted by molar-refractivity contribution is 5.95. The highest BCUT2D eigenvalue weighted by Crippen LogP contribution is 2.22. The van der Waals surface area contributed by atoms with E-state index in [-0.39, 0.29) is 17.4 Å². The lowest BCUT2D eigenvalue weighted by Gasteiger charge is -2.27. The Labute approximate surface area is 182 Å². The van der Waals surface area contributed by atoms with Gasteiger partial charge in [-0.2, -0.15) is 0 Å². The first-order valence-electron chi connectivity index (χ1n) is 9.86. The lowest BCUT2D eigenvalue weighted by molar-refractivity contribution is 0.0300. The quantitative estimate of drug-likeness (QED) is 0.415. The van der Waals surface area contributed by atoms with E-state index >= 15 is 0 Å². The van der Waals surface area contributed by atoms with Gasteiger partial charge in [-0.3, -0.25) is 14.8 Å². The van der Waals surface area contributed by atoms with Gasteiger partial charge in [-0.25, -0.2) is 19.8 Å². The standard InChI is InChI=1S/C22H20FN5O4/c23-18-13-16(5-6-17(18)21(30)28-9-11-32-12-10-28)25-22-24-8-7-19(26-22)14-1-3-15(4-2-14)20(29)27-31/h1-8,13,31H,9-12H2,(H,27,29)(H,24,25,26). The lowest BCUT2D eigenvalue weighted by Crippen LogP contribution is -2.41.